The normalized spacial score (nSPS) is 16.4. The van der Waals surface area contributed by atoms with E-state index in [4.69, 9.17) is 4.98 Å². The smallest absolute Gasteiger partial charge is 0.164 e. The Hall–Kier alpha value is -2.12. The van der Waals surface area contributed by atoms with Crippen LogP contribution in [0.25, 0.3) is 11.3 Å². The molecule has 25 heavy (non-hydrogen) atoms. The summed E-state index contributed by atoms with van der Waals surface area (Å²) in [5.41, 5.74) is 1.92. The Morgan fingerprint density at radius 3 is 2.64 bits per heavy atom. The van der Waals surface area contributed by atoms with Crippen LogP contribution in [-0.2, 0) is 13.6 Å². The summed E-state index contributed by atoms with van der Waals surface area (Å²) >= 11 is 1.71. The molecule has 0 bridgehead atoms. The van der Waals surface area contributed by atoms with Crippen molar-refractivity contribution in [2.45, 2.75) is 25.3 Å². The molecule has 0 spiro atoms. The number of aryl methyl sites for hydroxylation is 1. The molecule has 1 saturated heterocycles. The quantitative estimate of drug-likeness (QED) is 0.717. The van der Waals surface area contributed by atoms with E-state index in [1.54, 1.807) is 34.5 Å². The Kier molecular flexibility index (Phi) is 4.59. The standard InChI is InChI=1S/C18H20FN5S/c1-23-12-20-17(22-23)10-24-8-6-14(7-9-24)18-21-16(11-25-18)13-2-4-15(19)5-3-13/h2-5,11-12,14H,6-10H2,1H3. The minimum Gasteiger partial charge on any atom is -0.296 e. The lowest BCUT2D eigenvalue weighted by atomic mass is 9.97. The first-order valence-electron chi connectivity index (χ1n) is 8.45. The van der Waals surface area contributed by atoms with Gasteiger partial charge in [-0.1, -0.05) is 0 Å². The van der Waals surface area contributed by atoms with Crippen LogP contribution in [0, 0.1) is 5.82 Å². The van der Waals surface area contributed by atoms with E-state index >= 15 is 0 Å². The number of aromatic nitrogens is 4. The van der Waals surface area contributed by atoms with Crippen LogP contribution in [0.1, 0.15) is 29.6 Å². The molecule has 3 heterocycles. The van der Waals surface area contributed by atoms with Crippen LogP contribution in [0.3, 0.4) is 0 Å². The lowest BCUT2D eigenvalue weighted by Crippen LogP contribution is -2.32. The Balaban J connectivity index is 1.37. The zero-order valence-electron chi connectivity index (χ0n) is 14.1. The Morgan fingerprint density at radius 2 is 1.96 bits per heavy atom. The van der Waals surface area contributed by atoms with Gasteiger partial charge in [0.15, 0.2) is 5.82 Å². The minimum absolute atomic E-state index is 0.214. The molecule has 5 nitrogen and oxygen atoms in total. The predicted molar refractivity (Wildman–Crippen MR) is 95.8 cm³/mol. The van der Waals surface area contributed by atoms with E-state index in [0.717, 1.165) is 49.6 Å². The molecule has 0 amide bonds. The number of piperidine rings is 1. The number of rotatable bonds is 4. The van der Waals surface area contributed by atoms with E-state index in [0.29, 0.717) is 5.92 Å². The SMILES string of the molecule is Cn1cnc(CN2CCC(c3nc(-c4ccc(F)cc4)cs3)CC2)n1. The lowest BCUT2D eigenvalue weighted by molar-refractivity contribution is 0.200. The Morgan fingerprint density at radius 1 is 1.20 bits per heavy atom. The van der Waals surface area contributed by atoms with E-state index in [-0.39, 0.29) is 5.82 Å². The molecule has 2 aromatic heterocycles. The molecular formula is C18H20FN5S. The van der Waals surface area contributed by atoms with Crippen LogP contribution in [0.4, 0.5) is 4.39 Å². The third-order valence-electron chi connectivity index (χ3n) is 4.61. The molecule has 130 valence electrons. The summed E-state index contributed by atoms with van der Waals surface area (Å²) in [6, 6.07) is 6.55. The molecule has 3 aromatic rings. The predicted octanol–water partition coefficient (Wildman–Crippen LogP) is 3.46. The fraction of sp³-hybridized carbons (Fsp3) is 0.389. The van der Waals surface area contributed by atoms with Gasteiger partial charge in [0, 0.05) is 23.9 Å². The zero-order valence-corrected chi connectivity index (χ0v) is 14.9. The fourth-order valence-electron chi connectivity index (χ4n) is 3.22. The number of hydrogen-bond donors (Lipinski definition) is 0. The van der Waals surface area contributed by atoms with Crippen molar-refractivity contribution in [3.05, 3.63) is 52.6 Å². The minimum atomic E-state index is -0.214. The van der Waals surface area contributed by atoms with Gasteiger partial charge in [-0.3, -0.25) is 9.58 Å². The van der Waals surface area contributed by atoms with Gasteiger partial charge in [0.2, 0.25) is 0 Å². The van der Waals surface area contributed by atoms with Gasteiger partial charge in [-0.2, -0.15) is 5.10 Å². The topological polar surface area (TPSA) is 46.8 Å². The molecule has 0 N–H and O–H groups in total. The third-order valence-corrected chi connectivity index (χ3v) is 5.62. The molecule has 1 aliphatic heterocycles. The molecule has 1 aliphatic rings. The maximum absolute atomic E-state index is 13.1. The maximum atomic E-state index is 13.1. The first-order chi connectivity index (χ1) is 12.2. The highest BCUT2D eigenvalue weighted by atomic mass is 32.1. The summed E-state index contributed by atoms with van der Waals surface area (Å²) < 4.78 is 14.8. The van der Waals surface area contributed by atoms with Crippen LogP contribution in [0.5, 0.6) is 0 Å². The van der Waals surface area contributed by atoms with Crippen LogP contribution < -0.4 is 0 Å². The number of halogens is 1. The molecule has 4 rings (SSSR count). The van der Waals surface area contributed by atoms with Gasteiger partial charge in [-0.15, -0.1) is 11.3 Å². The first-order valence-corrected chi connectivity index (χ1v) is 9.33. The second-order valence-electron chi connectivity index (χ2n) is 6.46. The van der Waals surface area contributed by atoms with E-state index in [1.165, 1.54) is 17.1 Å². The van der Waals surface area contributed by atoms with Crippen LogP contribution in [0.15, 0.2) is 36.0 Å². The monoisotopic (exact) mass is 357 g/mol. The fourth-order valence-corrected chi connectivity index (χ4v) is 4.22. The summed E-state index contributed by atoms with van der Waals surface area (Å²) in [5.74, 6) is 1.18. The maximum Gasteiger partial charge on any atom is 0.164 e. The first kappa shape index (κ1) is 16.4. The highest BCUT2D eigenvalue weighted by Crippen LogP contribution is 2.33. The van der Waals surface area contributed by atoms with Crippen molar-refractivity contribution in [1.82, 2.24) is 24.6 Å². The molecule has 0 saturated carbocycles. The number of hydrogen-bond acceptors (Lipinski definition) is 5. The van der Waals surface area contributed by atoms with Crippen LogP contribution >= 0.6 is 11.3 Å². The largest absolute Gasteiger partial charge is 0.296 e. The molecule has 0 radical (unpaired) electrons. The van der Waals surface area contributed by atoms with Gasteiger partial charge < -0.3 is 0 Å². The van der Waals surface area contributed by atoms with Crippen molar-refractivity contribution in [3.8, 4) is 11.3 Å². The summed E-state index contributed by atoms with van der Waals surface area (Å²) in [6.45, 7) is 2.88. The van der Waals surface area contributed by atoms with E-state index in [1.807, 2.05) is 7.05 Å². The van der Waals surface area contributed by atoms with Crippen molar-refractivity contribution in [2.24, 2.45) is 7.05 Å². The highest BCUT2D eigenvalue weighted by molar-refractivity contribution is 7.10. The second kappa shape index (κ2) is 7.01. The Bertz CT molecular complexity index is 833. The molecule has 1 aromatic carbocycles. The number of nitrogens with zero attached hydrogens (tertiary/aromatic N) is 5. The van der Waals surface area contributed by atoms with E-state index < -0.39 is 0 Å². The van der Waals surface area contributed by atoms with Crippen molar-refractivity contribution in [2.75, 3.05) is 13.1 Å². The average Bonchev–Trinajstić information content (AvgIpc) is 3.26. The molecule has 0 unspecified atom stereocenters. The second-order valence-corrected chi connectivity index (χ2v) is 7.35. The van der Waals surface area contributed by atoms with Gasteiger partial charge in [-0.25, -0.2) is 14.4 Å². The summed E-state index contributed by atoms with van der Waals surface area (Å²) in [4.78, 5) is 11.5. The molecule has 7 heteroatoms. The summed E-state index contributed by atoms with van der Waals surface area (Å²) in [7, 11) is 1.89. The zero-order chi connectivity index (χ0) is 17.2. The van der Waals surface area contributed by atoms with Gasteiger partial charge in [0.05, 0.1) is 17.2 Å². The van der Waals surface area contributed by atoms with Crippen molar-refractivity contribution >= 4 is 11.3 Å². The number of thiazole rings is 1. The van der Waals surface area contributed by atoms with Gasteiger partial charge in [-0.05, 0) is 50.2 Å². The van der Waals surface area contributed by atoms with Gasteiger partial charge in [0.1, 0.15) is 12.1 Å². The van der Waals surface area contributed by atoms with E-state index in [9.17, 15) is 4.39 Å². The molecular weight excluding hydrogens is 337 g/mol. The number of likely N-dealkylation sites (tertiary alicyclic amines) is 1. The number of benzene rings is 1. The third kappa shape index (κ3) is 3.77. The Labute approximate surface area is 150 Å². The van der Waals surface area contributed by atoms with E-state index in [2.05, 4.69) is 20.4 Å². The van der Waals surface area contributed by atoms with Gasteiger partial charge >= 0.3 is 0 Å². The van der Waals surface area contributed by atoms with Crippen molar-refractivity contribution < 1.29 is 4.39 Å². The summed E-state index contributed by atoms with van der Waals surface area (Å²) in [5, 5.41) is 7.62. The van der Waals surface area contributed by atoms with Crippen molar-refractivity contribution in [3.63, 3.8) is 0 Å². The molecule has 0 atom stereocenters. The lowest BCUT2D eigenvalue weighted by Gasteiger charge is -2.30. The van der Waals surface area contributed by atoms with Crippen LogP contribution in [0.2, 0.25) is 0 Å². The van der Waals surface area contributed by atoms with Crippen LogP contribution in [-0.4, -0.2) is 37.7 Å². The molecule has 0 aliphatic carbocycles. The molecule has 1 fully saturated rings. The average molecular weight is 357 g/mol. The highest BCUT2D eigenvalue weighted by Gasteiger charge is 2.23. The van der Waals surface area contributed by atoms with Gasteiger partial charge in [0.25, 0.3) is 0 Å². The van der Waals surface area contributed by atoms with Crippen molar-refractivity contribution in [1.29, 1.82) is 0 Å². The summed E-state index contributed by atoms with van der Waals surface area (Å²) in [6.07, 6.45) is 3.95.